The van der Waals surface area contributed by atoms with Gasteiger partial charge in [0.1, 0.15) is 23.0 Å². The first kappa shape index (κ1) is 23.7. The molecule has 0 spiro atoms. The lowest BCUT2D eigenvalue weighted by Gasteiger charge is -2.24. The highest BCUT2D eigenvalue weighted by Crippen LogP contribution is 2.41. The van der Waals surface area contributed by atoms with Crippen LogP contribution in [0.5, 0.6) is 23.0 Å². The number of carboxylic acid groups (broad SMARTS) is 1. The summed E-state index contributed by atoms with van der Waals surface area (Å²) >= 11 is 12.3. The molecule has 0 aliphatic carbocycles. The van der Waals surface area contributed by atoms with E-state index in [4.69, 9.17) is 32.7 Å². The summed E-state index contributed by atoms with van der Waals surface area (Å²) in [5.41, 5.74) is 1.61. The number of hydrogen-bond acceptors (Lipinski definition) is 5. The number of hydrogen-bond donors (Lipinski definition) is 3. The number of rotatable bonds is 7. The van der Waals surface area contributed by atoms with Gasteiger partial charge in [0.2, 0.25) is 0 Å². The quantitative estimate of drug-likeness (QED) is 0.399. The van der Waals surface area contributed by atoms with Gasteiger partial charge in [0.25, 0.3) is 5.91 Å². The van der Waals surface area contributed by atoms with Gasteiger partial charge in [0.15, 0.2) is 0 Å². The van der Waals surface area contributed by atoms with Crippen LogP contribution in [0.1, 0.15) is 33.8 Å². The topological polar surface area (TPSA) is 105 Å². The first-order chi connectivity index (χ1) is 16.3. The molecule has 0 fully saturated rings. The molecule has 7 nitrogen and oxygen atoms in total. The van der Waals surface area contributed by atoms with E-state index in [0.29, 0.717) is 65.0 Å². The van der Waals surface area contributed by atoms with Crippen LogP contribution in [0.4, 0.5) is 0 Å². The van der Waals surface area contributed by atoms with Crippen molar-refractivity contribution in [3.63, 3.8) is 0 Å². The van der Waals surface area contributed by atoms with Gasteiger partial charge in [-0.15, -0.1) is 0 Å². The molecule has 1 heterocycles. The monoisotopic (exact) mass is 501 g/mol. The zero-order chi connectivity index (χ0) is 24.2. The van der Waals surface area contributed by atoms with E-state index in [2.05, 4.69) is 5.32 Å². The normalized spacial score (nSPS) is 14.6. The summed E-state index contributed by atoms with van der Waals surface area (Å²) in [4.78, 5) is 23.9. The van der Waals surface area contributed by atoms with E-state index in [-0.39, 0.29) is 16.7 Å². The van der Waals surface area contributed by atoms with Gasteiger partial charge >= 0.3 is 5.97 Å². The van der Waals surface area contributed by atoms with Gasteiger partial charge in [-0.05, 0) is 66.9 Å². The summed E-state index contributed by atoms with van der Waals surface area (Å²) < 4.78 is 11.4. The number of carbonyl (C=O) groups excluding carboxylic acids is 1. The molecule has 1 amide bonds. The standard InChI is InChI=1S/C25H21Cl2NO6/c26-16-3-6-21(29)15(11-16)7-9-28-24(30)14-1-4-17(5-2-14)34-23-13-22-19(12-20(23)27)18(25(31)32)8-10-33-22/h1-6,11-13,18,29H,7-10H2,(H,28,30)(H,31,32). The number of carboxylic acids is 1. The maximum Gasteiger partial charge on any atom is 0.311 e. The van der Waals surface area contributed by atoms with Gasteiger partial charge in [-0.25, -0.2) is 0 Å². The SMILES string of the molecule is O=C(NCCc1cc(Cl)ccc1O)c1ccc(Oc2cc3c(cc2Cl)C(C(=O)O)CCO3)cc1. The highest BCUT2D eigenvalue weighted by Gasteiger charge is 2.29. The Morgan fingerprint density at radius 2 is 1.85 bits per heavy atom. The molecule has 3 N–H and O–H groups in total. The number of benzene rings is 3. The average Bonchev–Trinajstić information content (AvgIpc) is 2.81. The number of phenolic OH excluding ortho intramolecular Hbond substituents is 1. The number of nitrogens with one attached hydrogen (secondary N) is 1. The van der Waals surface area contributed by atoms with Crippen LogP contribution in [-0.4, -0.2) is 35.2 Å². The lowest BCUT2D eigenvalue weighted by atomic mass is 9.93. The van der Waals surface area contributed by atoms with Crippen molar-refractivity contribution >= 4 is 35.1 Å². The van der Waals surface area contributed by atoms with Crippen molar-refractivity contribution in [1.82, 2.24) is 5.32 Å². The number of fused-ring (bicyclic) bond motifs is 1. The lowest BCUT2D eigenvalue weighted by molar-refractivity contribution is -0.139. The van der Waals surface area contributed by atoms with E-state index in [1.54, 1.807) is 48.5 Å². The molecule has 3 aromatic carbocycles. The lowest BCUT2D eigenvalue weighted by Crippen LogP contribution is -2.25. The Morgan fingerprint density at radius 1 is 1.09 bits per heavy atom. The van der Waals surface area contributed by atoms with Crippen LogP contribution in [0.2, 0.25) is 10.0 Å². The molecule has 9 heteroatoms. The molecule has 0 saturated heterocycles. The molecule has 0 bridgehead atoms. The van der Waals surface area contributed by atoms with Crippen LogP contribution in [0.3, 0.4) is 0 Å². The fourth-order valence-corrected chi connectivity index (χ4v) is 4.10. The van der Waals surface area contributed by atoms with Gasteiger partial charge < -0.3 is 25.0 Å². The predicted molar refractivity (Wildman–Crippen MR) is 128 cm³/mol. The van der Waals surface area contributed by atoms with Crippen LogP contribution in [-0.2, 0) is 11.2 Å². The highest BCUT2D eigenvalue weighted by atomic mass is 35.5. The minimum absolute atomic E-state index is 0.130. The minimum atomic E-state index is -0.924. The average molecular weight is 502 g/mol. The molecule has 4 rings (SSSR count). The number of ether oxygens (including phenoxy) is 2. The van der Waals surface area contributed by atoms with Crippen molar-refractivity contribution in [3.05, 3.63) is 81.3 Å². The highest BCUT2D eigenvalue weighted by molar-refractivity contribution is 6.32. The Morgan fingerprint density at radius 3 is 2.59 bits per heavy atom. The van der Waals surface area contributed by atoms with Gasteiger partial charge in [-0.1, -0.05) is 23.2 Å². The van der Waals surface area contributed by atoms with Gasteiger partial charge in [0, 0.05) is 28.8 Å². The molecule has 1 aliphatic heterocycles. The fraction of sp³-hybridized carbons (Fsp3) is 0.200. The largest absolute Gasteiger partial charge is 0.508 e. The summed E-state index contributed by atoms with van der Waals surface area (Å²) in [6.07, 6.45) is 0.809. The first-order valence-electron chi connectivity index (χ1n) is 10.5. The second kappa shape index (κ2) is 10.2. The zero-order valence-corrected chi connectivity index (χ0v) is 19.4. The summed E-state index contributed by atoms with van der Waals surface area (Å²) in [5, 5.41) is 22.9. The van der Waals surface area contributed by atoms with Crippen molar-refractivity contribution in [1.29, 1.82) is 0 Å². The number of halogens is 2. The molecule has 1 unspecified atom stereocenters. The van der Waals surface area contributed by atoms with Crippen molar-refractivity contribution in [2.45, 2.75) is 18.8 Å². The van der Waals surface area contributed by atoms with E-state index >= 15 is 0 Å². The number of aromatic hydroxyl groups is 1. The molecule has 3 aromatic rings. The second-order valence-corrected chi connectivity index (χ2v) is 8.60. The summed E-state index contributed by atoms with van der Waals surface area (Å²) in [6, 6.07) is 14.4. The Balaban J connectivity index is 1.38. The van der Waals surface area contributed by atoms with Crippen LogP contribution in [0.15, 0.2) is 54.6 Å². The number of phenols is 1. The van der Waals surface area contributed by atoms with E-state index in [1.165, 1.54) is 6.07 Å². The summed E-state index contributed by atoms with van der Waals surface area (Å²) in [7, 11) is 0. The number of carbonyl (C=O) groups is 2. The molecule has 1 atom stereocenters. The Labute approximate surface area is 205 Å². The second-order valence-electron chi connectivity index (χ2n) is 7.75. The number of amides is 1. The van der Waals surface area contributed by atoms with Gasteiger partial charge in [0.05, 0.1) is 17.5 Å². The smallest absolute Gasteiger partial charge is 0.311 e. The van der Waals surface area contributed by atoms with E-state index < -0.39 is 11.9 Å². The predicted octanol–water partition coefficient (Wildman–Crippen LogP) is 5.41. The third-order valence-corrected chi connectivity index (χ3v) is 6.00. The van der Waals surface area contributed by atoms with Crippen molar-refractivity contribution in [3.8, 4) is 23.0 Å². The molecular weight excluding hydrogens is 481 g/mol. The molecule has 1 aliphatic rings. The van der Waals surface area contributed by atoms with Crippen LogP contribution >= 0.6 is 23.2 Å². The minimum Gasteiger partial charge on any atom is -0.508 e. The summed E-state index contributed by atoms with van der Waals surface area (Å²) in [6.45, 7) is 0.624. The third kappa shape index (κ3) is 5.38. The van der Waals surface area contributed by atoms with E-state index in [9.17, 15) is 19.8 Å². The van der Waals surface area contributed by atoms with E-state index in [0.717, 1.165) is 0 Å². The maximum absolute atomic E-state index is 12.4. The van der Waals surface area contributed by atoms with Gasteiger partial charge in [-0.3, -0.25) is 9.59 Å². The number of aliphatic carboxylic acids is 1. The van der Waals surface area contributed by atoms with Crippen LogP contribution < -0.4 is 14.8 Å². The van der Waals surface area contributed by atoms with Crippen LogP contribution in [0, 0.1) is 0 Å². The van der Waals surface area contributed by atoms with Crippen molar-refractivity contribution < 1.29 is 29.3 Å². The third-order valence-electron chi connectivity index (χ3n) is 5.47. The van der Waals surface area contributed by atoms with Crippen LogP contribution in [0.25, 0.3) is 0 Å². The fourth-order valence-electron chi connectivity index (χ4n) is 3.69. The first-order valence-corrected chi connectivity index (χ1v) is 11.3. The molecular formula is C25H21Cl2NO6. The molecule has 0 saturated carbocycles. The Kier molecular flexibility index (Phi) is 7.14. The molecule has 0 aromatic heterocycles. The molecule has 0 radical (unpaired) electrons. The maximum atomic E-state index is 12.4. The Bertz CT molecular complexity index is 1230. The van der Waals surface area contributed by atoms with Gasteiger partial charge in [-0.2, -0.15) is 0 Å². The van der Waals surface area contributed by atoms with Crippen molar-refractivity contribution in [2.24, 2.45) is 0 Å². The Hall–Kier alpha value is -3.42. The zero-order valence-electron chi connectivity index (χ0n) is 17.9. The van der Waals surface area contributed by atoms with Crippen molar-refractivity contribution in [2.75, 3.05) is 13.2 Å². The summed E-state index contributed by atoms with van der Waals surface area (Å²) in [5.74, 6) is -0.529. The molecule has 176 valence electrons. The van der Waals surface area contributed by atoms with E-state index in [1.807, 2.05) is 0 Å². The molecule has 34 heavy (non-hydrogen) atoms.